The van der Waals surface area contributed by atoms with Crippen LogP contribution in [0.15, 0.2) is 41.5 Å². The molecule has 0 unspecified atom stereocenters. The Kier molecular flexibility index (Phi) is 7.18. The van der Waals surface area contributed by atoms with Gasteiger partial charge in [-0.3, -0.25) is 0 Å². The van der Waals surface area contributed by atoms with Crippen LogP contribution in [-0.2, 0) is 4.74 Å². The van der Waals surface area contributed by atoms with Gasteiger partial charge in [0.2, 0.25) is 0 Å². The van der Waals surface area contributed by atoms with Gasteiger partial charge in [-0.2, -0.15) is 0 Å². The molecule has 0 aromatic heterocycles. The minimum Gasteiger partial charge on any atom is -0.462 e. The lowest BCUT2D eigenvalue weighted by atomic mass is 9.64. The number of ether oxygens (including phenoxy) is 1. The van der Waals surface area contributed by atoms with Crippen molar-refractivity contribution in [1.29, 1.82) is 0 Å². The zero-order valence-electron chi connectivity index (χ0n) is 20.6. The minimum absolute atomic E-state index is 0.235. The number of benzene rings is 1. The third-order valence-electron chi connectivity index (χ3n) is 7.76. The second kappa shape index (κ2) is 9.35. The number of carbonyl (C=O) groups excluding carboxylic acids is 1. The van der Waals surface area contributed by atoms with Crippen LogP contribution in [0.2, 0.25) is 0 Å². The lowest BCUT2D eigenvalue weighted by Gasteiger charge is -2.41. The number of esters is 1. The van der Waals surface area contributed by atoms with Crippen molar-refractivity contribution in [3.05, 3.63) is 52.6 Å². The van der Waals surface area contributed by atoms with E-state index in [-0.39, 0.29) is 11.4 Å². The molecule has 31 heavy (non-hydrogen) atoms. The summed E-state index contributed by atoms with van der Waals surface area (Å²) in [4.78, 5) is 11.9. The maximum absolute atomic E-state index is 11.9. The summed E-state index contributed by atoms with van der Waals surface area (Å²) in [6.45, 7) is 14.4. The number of allylic oxidation sites excluding steroid dienone is 3. The molecule has 0 spiro atoms. The molecular formula is C29H42O2. The smallest absolute Gasteiger partial charge is 0.338 e. The van der Waals surface area contributed by atoms with E-state index in [1.165, 1.54) is 51.4 Å². The molecule has 2 heteroatoms. The van der Waals surface area contributed by atoms with E-state index in [4.69, 9.17) is 4.74 Å². The SMILES string of the molecule is CCCCCC1(/C=C/c2ccc(C(=O)OCC)cc2)CC2=C(C1)C(C)(C)CCC2(C)C. The van der Waals surface area contributed by atoms with Crippen molar-refractivity contribution < 1.29 is 9.53 Å². The minimum atomic E-state index is -0.244. The first kappa shape index (κ1) is 23.8. The molecule has 3 rings (SSSR count). The van der Waals surface area contributed by atoms with Gasteiger partial charge in [-0.1, -0.05) is 89.3 Å². The van der Waals surface area contributed by atoms with Gasteiger partial charge in [-0.05, 0) is 73.0 Å². The Bertz CT molecular complexity index is 808. The Morgan fingerprint density at radius 2 is 1.52 bits per heavy atom. The predicted octanol–water partition coefficient (Wildman–Crippen LogP) is 8.38. The van der Waals surface area contributed by atoms with Crippen molar-refractivity contribution in [1.82, 2.24) is 0 Å². The van der Waals surface area contributed by atoms with Crippen LogP contribution in [0.3, 0.4) is 0 Å². The molecule has 170 valence electrons. The molecule has 1 aromatic carbocycles. The molecule has 0 saturated heterocycles. The molecule has 2 nitrogen and oxygen atoms in total. The van der Waals surface area contributed by atoms with Crippen LogP contribution in [0.25, 0.3) is 6.08 Å². The molecule has 0 atom stereocenters. The Balaban J connectivity index is 1.84. The number of rotatable bonds is 8. The van der Waals surface area contributed by atoms with Crippen molar-refractivity contribution >= 4 is 12.0 Å². The van der Waals surface area contributed by atoms with E-state index in [2.05, 4.69) is 46.8 Å². The van der Waals surface area contributed by atoms with Crippen LogP contribution in [0.4, 0.5) is 0 Å². The second-order valence-corrected chi connectivity index (χ2v) is 11.1. The number of hydrogen-bond donors (Lipinski definition) is 0. The Labute approximate surface area is 190 Å². The van der Waals surface area contributed by atoms with Crippen LogP contribution >= 0.6 is 0 Å². The first-order chi connectivity index (χ1) is 14.6. The zero-order valence-corrected chi connectivity index (χ0v) is 20.6. The topological polar surface area (TPSA) is 26.3 Å². The highest BCUT2D eigenvalue weighted by Crippen LogP contribution is 2.61. The van der Waals surface area contributed by atoms with E-state index in [0.717, 1.165) is 5.56 Å². The summed E-state index contributed by atoms with van der Waals surface area (Å²) < 4.78 is 5.11. The average molecular weight is 423 g/mol. The van der Waals surface area contributed by atoms with Crippen LogP contribution < -0.4 is 0 Å². The highest BCUT2D eigenvalue weighted by atomic mass is 16.5. The molecule has 0 amide bonds. The Morgan fingerprint density at radius 1 is 0.935 bits per heavy atom. The van der Waals surface area contributed by atoms with Crippen molar-refractivity contribution in [2.45, 2.75) is 92.9 Å². The molecule has 2 aliphatic carbocycles. The molecule has 0 radical (unpaired) electrons. The fraction of sp³-hybridized carbons (Fsp3) is 0.621. The largest absolute Gasteiger partial charge is 0.462 e. The molecule has 0 aliphatic heterocycles. The standard InChI is InChI=1S/C29H42O2/c1-7-9-10-16-29(17-15-22-11-13-23(14-12-22)26(30)31-8-2)20-24-25(21-29)28(5,6)19-18-27(24,3)4/h11-15,17H,7-10,16,18-21H2,1-6H3/b17-15+. The van der Waals surface area contributed by atoms with E-state index in [1.807, 2.05) is 31.2 Å². The van der Waals surface area contributed by atoms with Crippen molar-refractivity contribution in [3.8, 4) is 0 Å². The average Bonchev–Trinajstić information content (AvgIpc) is 3.14. The van der Waals surface area contributed by atoms with Gasteiger partial charge < -0.3 is 4.74 Å². The first-order valence-electron chi connectivity index (χ1n) is 12.3. The van der Waals surface area contributed by atoms with E-state index in [0.29, 0.717) is 23.0 Å². The maximum atomic E-state index is 11.9. The number of unbranched alkanes of at least 4 members (excludes halogenated alkanes) is 2. The van der Waals surface area contributed by atoms with Gasteiger partial charge in [-0.25, -0.2) is 4.79 Å². The molecule has 0 N–H and O–H groups in total. The lowest BCUT2D eigenvalue weighted by Crippen LogP contribution is -2.28. The van der Waals surface area contributed by atoms with Crippen LogP contribution in [0.1, 0.15) is 109 Å². The van der Waals surface area contributed by atoms with E-state index < -0.39 is 0 Å². The van der Waals surface area contributed by atoms with Gasteiger partial charge in [0, 0.05) is 0 Å². The first-order valence-corrected chi connectivity index (χ1v) is 12.3. The summed E-state index contributed by atoms with van der Waals surface area (Å²) in [5.74, 6) is -0.244. The summed E-state index contributed by atoms with van der Waals surface area (Å²) in [6.07, 6.45) is 14.9. The van der Waals surface area contributed by atoms with Gasteiger partial charge in [0.15, 0.2) is 0 Å². The van der Waals surface area contributed by atoms with Crippen LogP contribution in [-0.4, -0.2) is 12.6 Å². The van der Waals surface area contributed by atoms with Gasteiger partial charge >= 0.3 is 5.97 Å². The third-order valence-corrected chi connectivity index (χ3v) is 7.76. The quantitative estimate of drug-likeness (QED) is 0.239. The normalized spacial score (nSPS) is 21.4. The summed E-state index contributed by atoms with van der Waals surface area (Å²) in [5.41, 5.74) is 6.15. The monoisotopic (exact) mass is 422 g/mol. The molecular weight excluding hydrogens is 380 g/mol. The highest BCUT2D eigenvalue weighted by Gasteiger charge is 2.48. The zero-order chi connectivity index (χ0) is 22.7. The summed E-state index contributed by atoms with van der Waals surface area (Å²) >= 11 is 0. The van der Waals surface area contributed by atoms with E-state index >= 15 is 0 Å². The van der Waals surface area contributed by atoms with Gasteiger partial charge in [-0.15, -0.1) is 0 Å². The molecule has 1 aromatic rings. The Hall–Kier alpha value is -1.83. The molecule has 0 saturated carbocycles. The highest BCUT2D eigenvalue weighted by molar-refractivity contribution is 5.89. The number of carbonyl (C=O) groups is 1. The number of hydrogen-bond acceptors (Lipinski definition) is 2. The van der Waals surface area contributed by atoms with Crippen LogP contribution in [0.5, 0.6) is 0 Å². The third kappa shape index (κ3) is 5.33. The summed E-state index contributed by atoms with van der Waals surface area (Å²) in [5, 5.41) is 0. The van der Waals surface area contributed by atoms with Crippen LogP contribution in [0, 0.1) is 16.2 Å². The fourth-order valence-electron chi connectivity index (χ4n) is 5.53. The lowest BCUT2D eigenvalue weighted by molar-refractivity contribution is 0.0526. The second-order valence-electron chi connectivity index (χ2n) is 11.1. The molecule has 0 bridgehead atoms. The maximum Gasteiger partial charge on any atom is 0.338 e. The summed E-state index contributed by atoms with van der Waals surface area (Å²) in [7, 11) is 0. The summed E-state index contributed by atoms with van der Waals surface area (Å²) in [6, 6.07) is 7.84. The van der Waals surface area contributed by atoms with E-state index in [9.17, 15) is 4.79 Å². The Morgan fingerprint density at radius 3 is 2.03 bits per heavy atom. The molecule has 0 heterocycles. The molecule has 2 aliphatic rings. The van der Waals surface area contributed by atoms with Crippen molar-refractivity contribution in [3.63, 3.8) is 0 Å². The predicted molar refractivity (Wildman–Crippen MR) is 131 cm³/mol. The molecule has 0 fully saturated rings. The van der Waals surface area contributed by atoms with E-state index in [1.54, 1.807) is 11.1 Å². The fourth-order valence-corrected chi connectivity index (χ4v) is 5.53. The van der Waals surface area contributed by atoms with Crippen molar-refractivity contribution in [2.75, 3.05) is 6.61 Å². The van der Waals surface area contributed by atoms with Crippen molar-refractivity contribution in [2.24, 2.45) is 16.2 Å². The van der Waals surface area contributed by atoms with Gasteiger partial charge in [0.1, 0.15) is 0 Å². The van der Waals surface area contributed by atoms with Gasteiger partial charge in [0.25, 0.3) is 0 Å². The van der Waals surface area contributed by atoms with Gasteiger partial charge in [0.05, 0.1) is 12.2 Å².